The van der Waals surface area contributed by atoms with Crippen molar-refractivity contribution in [1.29, 1.82) is 0 Å². The molecule has 1 aliphatic rings. The second-order valence-electron chi connectivity index (χ2n) is 3.79. The maximum Gasteiger partial charge on any atom is 0.235 e. The largest absolute Gasteiger partial charge is 0.342 e. The van der Waals surface area contributed by atoms with Gasteiger partial charge in [0.25, 0.3) is 0 Å². The van der Waals surface area contributed by atoms with Gasteiger partial charge in [-0.1, -0.05) is 0 Å². The second-order valence-corrected chi connectivity index (χ2v) is 5.22. The molecule has 0 saturated carbocycles. The predicted molar refractivity (Wildman–Crippen MR) is 57.3 cm³/mol. The minimum Gasteiger partial charge on any atom is -0.342 e. The highest BCUT2D eigenvalue weighted by Gasteiger charge is 2.18. The lowest BCUT2D eigenvalue weighted by atomic mass is 10.1. The van der Waals surface area contributed by atoms with Crippen molar-refractivity contribution in [2.45, 2.75) is 25.3 Å². The van der Waals surface area contributed by atoms with E-state index in [0.717, 1.165) is 32.4 Å². The van der Waals surface area contributed by atoms with Crippen LogP contribution in [0.3, 0.4) is 0 Å². The molecule has 14 heavy (non-hydrogen) atoms. The van der Waals surface area contributed by atoms with Gasteiger partial charge < -0.3 is 10.6 Å². The van der Waals surface area contributed by atoms with Gasteiger partial charge in [0, 0.05) is 36.2 Å². The fourth-order valence-corrected chi connectivity index (χ4v) is 2.17. The van der Waals surface area contributed by atoms with Crippen molar-refractivity contribution in [3.05, 3.63) is 0 Å². The van der Waals surface area contributed by atoms with Gasteiger partial charge in [0.15, 0.2) is 0 Å². The zero-order valence-electron chi connectivity index (χ0n) is 8.57. The van der Waals surface area contributed by atoms with E-state index in [1.54, 1.807) is 11.2 Å². The van der Waals surface area contributed by atoms with E-state index >= 15 is 0 Å². The molecule has 1 fully saturated rings. The minimum atomic E-state index is -1.03. The van der Waals surface area contributed by atoms with Crippen LogP contribution in [0.15, 0.2) is 0 Å². The Morgan fingerprint density at radius 2 is 2.21 bits per heavy atom. The van der Waals surface area contributed by atoms with Crippen molar-refractivity contribution in [1.82, 2.24) is 4.90 Å². The first kappa shape index (κ1) is 11.7. The van der Waals surface area contributed by atoms with Gasteiger partial charge in [-0.05, 0) is 19.3 Å². The first-order valence-electron chi connectivity index (χ1n) is 4.93. The number of hydrogen-bond acceptors (Lipinski definition) is 3. The Balaban J connectivity index is 2.43. The molecule has 82 valence electrons. The van der Waals surface area contributed by atoms with Crippen LogP contribution in [-0.2, 0) is 15.6 Å². The number of carbonyl (C=O) groups excluding carboxylic acids is 1. The molecule has 0 spiro atoms. The molecule has 0 aromatic rings. The molecule has 2 unspecified atom stereocenters. The van der Waals surface area contributed by atoms with Crippen molar-refractivity contribution >= 4 is 16.7 Å². The fraction of sp³-hybridized carbons (Fsp3) is 0.889. The van der Waals surface area contributed by atoms with Gasteiger partial charge in [-0.15, -0.1) is 0 Å². The molecule has 0 aromatic carbocycles. The Morgan fingerprint density at radius 3 is 2.86 bits per heavy atom. The minimum absolute atomic E-state index is 0.0000617. The van der Waals surface area contributed by atoms with Crippen molar-refractivity contribution in [2.75, 3.05) is 25.1 Å². The Hall–Kier alpha value is -0.420. The SMILES string of the molecule is CS(=O)CC(=O)N1CCCC(N)CC1. The highest BCUT2D eigenvalue weighted by molar-refractivity contribution is 7.85. The van der Waals surface area contributed by atoms with Gasteiger partial charge in [0.2, 0.25) is 5.91 Å². The monoisotopic (exact) mass is 218 g/mol. The number of carbonyl (C=O) groups is 1. The van der Waals surface area contributed by atoms with Gasteiger partial charge >= 0.3 is 0 Å². The topological polar surface area (TPSA) is 63.4 Å². The van der Waals surface area contributed by atoms with Gasteiger partial charge in [-0.2, -0.15) is 0 Å². The van der Waals surface area contributed by atoms with Crippen molar-refractivity contribution < 1.29 is 9.00 Å². The summed E-state index contributed by atoms with van der Waals surface area (Å²) in [6.07, 6.45) is 4.37. The van der Waals surface area contributed by atoms with Crippen LogP contribution in [-0.4, -0.2) is 46.2 Å². The maximum atomic E-state index is 11.6. The standard InChI is InChI=1S/C9H18N2O2S/c1-14(13)7-9(12)11-5-2-3-8(10)4-6-11/h8H,2-7,10H2,1H3. The van der Waals surface area contributed by atoms with Gasteiger partial charge in [0.05, 0.1) is 0 Å². The third-order valence-electron chi connectivity index (χ3n) is 2.45. The van der Waals surface area contributed by atoms with E-state index in [4.69, 9.17) is 5.73 Å². The highest BCUT2D eigenvalue weighted by atomic mass is 32.2. The average molecular weight is 218 g/mol. The molecule has 2 N–H and O–H groups in total. The number of nitrogens with zero attached hydrogens (tertiary/aromatic N) is 1. The highest BCUT2D eigenvalue weighted by Crippen LogP contribution is 2.09. The molecule has 5 heteroatoms. The van der Waals surface area contributed by atoms with E-state index in [0.29, 0.717) is 0 Å². The Bertz CT molecular complexity index is 233. The second kappa shape index (κ2) is 5.46. The summed E-state index contributed by atoms with van der Waals surface area (Å²) in [5.41, 5.74) is 5.80. The lowest BCUT2D eigenvalue weighted by Gasteiger charge is -2.19. The molecular formula is C9H18N2O2S. The van der Waals surface area contributed by atoms with Crippen molar-refractivity contribution in [3.63, 3.8) is 0 Å². The van der Waals surface area contributed by atoms with Gasteiger partial charge in [-0.3, -0.25) is 9.00 Å². The summed E-state index contributed by atoms with van der Waals surface area (Å²) in [6, 6.07) is 0.222. The van der Waals surface area contributed by atoms with Crippen LogP contribution in [0.1, 0.15) is 19.3 Å². The predicted octanol–water partition coefficient (Wildman–Crippen LogP) is -0.295. The van der Waals surface area contributed by atoms with E-state index in [9.17, 15) is 9.00 Å². The zero-order chi connectivity index (χ0) is 10.6. The summed E-state index contributed by atoms with van der Waals surface area (Å²) in [5.74, 6) is 0.148. The number of hydrogen-bond donors (Lipinski definition) is 1. The van der Waals surface area contributed by atoms with Crippen LogP contribution in [0.4, 0.5) is 0 Å². The zero-order valence-corrected chi connectivity index (χ0v) is 9.39. The summed E-state index contributed by atoms with van der Waals surface area (Å²) in [7, 11) is -1.03. The summed E-state index contributed by atoms with van der Waals surface area (Å²) in [5, 5.41) is 0. The normalized spacial score (nSPS) is 25.6. The Kier molecular flexibility index (Phi) is 4.54. The number of likely N-dealkylation sites (tertiary alicyclic amines) is 1. The molecule has 1 saturated heterocycles. The van der Waals surface area contributed by atoms with Crippen molar-refractivity contribution in [2.24, 2.45) is 5.73 Å². The van der Waals surface area contributed by atoms with E-state index in [1.165, 1.54) is 0 Å². The first-order valence-corrected chi connectivity index (χ1v) is 6.65. The Labute approximate surface area is 87.3 Å². The number of amides is 1. The third-order valence-corrected chi connectivity index (χ3v) is 3.11. The van der Waals surface area contributed by atoms with Crippen LogP contribution in [0.2, 0.25) is 0 Å². The summed E-state index contributed by atoms with van der Waals surface area (Å²) >= 11 is 0. The molecular weight excluding hydrogens is 200 g/mol. The molecule has 0 bridgehead atoms. The Morgan fingerprint density at radius 1 is 1.50 bits per heavy atom. The quantitative estimate of drug-likeness (QED) is 0.692. The van der Waals surface area contributed by atoms with E-state index < -0.39 is 10.8 Å². The number of nitrogens with two attached hydrogens (primary N) is 1. The lowest BCUT2D eigenvalue weighted by Crippen LogP contribution is -2.35. The lowest BCUT2D eigenvalue weighted by molar-refractivity contribution is -0.128. The molecule has 4 nitrogen and oxygen atoms in total. The van der Waals surface area contributed by atoms with Crippen LogP contribution >= 0.6 is 0 Å². The van der Waals surface area contributed by atoms with Crippen LogP contribution in [0.5, 0.6) is 0 Å². The van der Waals surface area contributed by atoms with Gasteiger partial charge in [0.1, 0.15) is 5.75 Å². The van der Waals surface area contributed by atoms with Crippen LogP contribution in [0, 0.1) is 0 Å². The molecule has 1 heterocycles. The maximum absolute atomic E-state index is 11.6. The number of rotatable bonds is 2. The van der Waals surface area contributed by atoms with E-state index in [2.05, 4.69) is 0 Å². The average Bonchev–Trinajstić information content (AvgIpc) is 2.28. The third kappa shape index (κ3) is 3.75. The molecule has 1 amide bonds. The first-order chi connectivity index (χ1) is 6.59. The summed E-state index contributed by atoms with van der Waals surface area (Å²) in [4.78, 5) is 13.3. The molecule has 1 rings (SSSR count). The molecule has 0 radical (unpaired) electrons. The van der Waals surface area contributed by atoms with E-state index in [1.807, 2.05) is 0 Å². The fourth-order valence-electron chi connectivity index (χ4n) is 1.64. The molecule has 0 aliphatic carbocycles. The summed E-state index contributed by atoms with van der Waals surface area (Å²) in [6.45, 7) is 1.49. The smallest absolute Gasteiger partial charge is 0.235 e. The van der Waals surface area contributed by atoms with Gasteiger partial charge in [-0.25, -0.2) is 0 Å². The summed E-state index contributed by atoms with van der Waals surface area (Å²) < 4.78 is 10.9. The molecule has 2 atom stereocenters. The van der Waals surface area contributed by atoms with Crippen molar-refractivity contribution in [3.8, 4) is 0 Å². The van der Waals surface area contributed by atoms with Crippen LogP contribution < -0.4 is 5.73 Å². The molecule has 0 aromatic heterocycles. The molecule has 1 aliphatic heterocycles. The van der Waals surface area contributed by atoms with E-state index in [-0.39, 0.29) is 17.7 Å². The van der Waals surface area contributed by atoms with Crippen LogP contribution in [0.25, 0.3) is 0 Å².